The molecule has 0 saturated heterocycles. The molecule has 2 rings (SSSR count). The Balaban J connectivity index is 2.59. The van der Waals surface area contributed by atoms with E-state index in [1.165, 1.54) is 11.1 Å². The molecule has 0 amide bonds. The summed E-state index contributed by atoms with van der Waals surface area (Å²) in [5.74, 6) is 0. The van der Waals surface area contributed by atoms with Crippen LogP contribution in [0.5, 0.6) is 0 Å². The Labute approximate surface area is 186 Å². The summed E-state index contributed by atoms with van der Waals surface area (Å²) >= 11 is 0. The van der Waals surface area contributed by atoms with Crippen molar-refractivity contribution in [2.75, 3.05) is 0 Å². The summed E-state index contributed by atoms with van der Waals surface area (Å²) in [7, 11) is 0. The van der Waals surface area contributed by atoms with Gasteiger partial charge in [-0.1, -0.05) is 101 Å². The summed E-state index contributed by atoms with van der Waals surface area (Å²) in [6, 6.07) is 8.44. The fourth-order valence-corrected chi connectivity index (χ4v) is 4.65. The maximum Gasteiger partial charge on any atom is 0.0860 e. The summed E-state index contributed by atoms with van der Waals surface area (Å²) in [5, 5.41) is 9.43. The number of rotatable bonds is 2. The fraction of sp³-hybridized carbons (Fsp3) is 0.643. The summed E-state index contributed by atoms with van der Waals surface area (Å²) in [6.45, 7) is 27.8. The summed E-state index contributed by atoms with van der Waals surface area (Å²) < 4.78 is 0. The predicted molar refractivity (Wildman–Crippen MR) is 131 cm³/mol. The van der Waals surface area contributed by atoms with E-state index in [-0.39, 0.29) is 27.1 Å². The molecule has 0 aliphatic heterocycles. The second-order valence-electron chi connectivity index (χ2n) is 13.1. The molecule has 1 aromatic carbocycles. The molecule has 166 valence electrons. The van der Waals surface area contributed by atoms with Gasteiger partial charge in [0.15, 0.2) is 0 Å². The molecule has 0 heterocycles. The van der Waals surface area contributed by atoms with Gasteiger partial charge >= 0.3 is 0 Å². The highest BCUT2D eigenvalue weighted by atomic mass is 15.1. The van der Waals surface area contributed by atoms with Gasteiger partial charge in [0, 0.05) is 5.41 Å². The minimum Gasteiger partial charge on any atom is -0.151 e. The number of azo groups is 1. The van der Waals surface area contributed by atoms with Crippen LogP contribution in [-0.4, -0.2) is 0 Å². The van der Waals surface area contributed by atoms with Crippen LogP contribution in [0.3, 0.4) is 0 Å². The first kappa shape index (κ1) is 24.6. The van der Waals surface area contributed by atoms with Gasteiger partial charge in [-0.25, -0.2) is 0 Å². The maximum absolute atomic E-state index is 4.77. The van der Waals surface area contributed by atoms with Gasteiger partial charge in [0.25, 0.3) is 0 Å². The third kappa shape index (κ3) is 5.13. The van der Waals surface area contributed by atoms with E-state index in [4.69, 9.17) is 5.11 Å². The highest BCUT2D eigenvalue weighted by Crippen LogP contribution is 2.60. The van der Waals surface area contributed by atoms with Gasteiger partial charge in [0.2, 0.25) is 0 Å². The van der Waals surface area contributed by atoms with Gasteiger partial charge in [-0.3, -0.25) is 0 Å². The van der Waals surface area contributed by atoms with Gasteiger partial charge in [-0.05, 0) is 57.9 Å². The van der Waals surface area contributed by atoms with Crippen LogP contribution in [0.2, 0.25) is 0 Å². The first-order valence-corrected chi connectivity index (χ1v) is 11.3. The van der Waals surface area contributed by atoms with Crippen molar-refractivity contribution in [2.45, 2.75) is 94.9 Å². The molecule has 1 aromatic rings. The fourth-order valence-electron chi connectivity index (χ4n) is 4.65. The van der Waals surface area contributed by atoms with Crippen LogP contribution < -0.4 is 0 Å². The molecule has 0 spiro atoms. The standard InChI is InChI=1S/C28H44N2/c1-24(2,3)20-14-13-15-22(16-20)29-30-23-17-21(25(4,5)6)18-28(19-23,26(7,8)9)27(10,11)12/h13-17,19H,18H2,1-12H3. The van der Waals surface area contributed by atoms with Crippen LogP contribution in [0.25, 0.3) is 0 Å². The zero-order valence-corrected chi connectivity index (χ0v) is 21.6. The lowest BCUT2D eigenvalue weighted by Crippen LogP contribution is -2.47. The van der Waals surface area contributed by atoms with E-state index in [1.807, 2.05) is 6.07 Å². The van der Waals surface area contributed by atoms with Crippen molar-refractivity contribution in [3.63, 3.8) is 0 Å². The molecule has 0 saturated carbocycles. The van der Waals surface area contributed by atoms with Crippen LogP contribution in [0, 0.1) is 21.7 Å². The van der Waals surface area contributed by atoms with E-state index in [0.29, 0.717) is 0 Å². The van der Waals surface area contributed by atoms with Crippen molar-refractivity contribution >= 4 is 5.69 Å². The second-order valence-corrected chi connectivity index (χ2v) is 13.1. The molecule has 1 aliphatic carbocycles. The largest absolute Gasteiger partial charge is 0.151 e. The molecular formula is C28H44N2. The summed E-state index contributed by atoms with van der Waals surface area (Å²) in [6.07, 6.45) is 5.73. The molecule has 2 nitrogen and oxygen atoms in total. The molecule has 30 heavy (non-hydrogen) atoms. The van der Waals surface area contributed by atoms with E-state index in [0.717, 1.165) is 17.8 Å². The van der Waals surface area contributed by atoms with E-state index in [9.17, 15) is 0 Å². The van der Waals surface area contributed by atoms with Gasteiger partial charge in [0.05, 0.1) is 11.4 Å². The Morgan fingerprint density at radius 3 is 1.77 bits per heavy atom. The van der Waals surface area contributed by atoms with Gasteiger partial charge in [-0.2, -0.15) is 10.2 Å². The number of benzene rings is 1. The Morgan fingerprint density at radius 1 is 0.733 bits per heavy atom. The van der Waals surface area contributed by atoms with Crippen LogP contribution in [0.15, 0.2) is 57.9 Å². The summed E-state index contributed by atoms with van der Waals surface area (Å²) in [5.41, 5.74) is 5.03. The number of hydrogen-bond donors (Lipinski definition) is 0. The molecule has 0 N–H and O–H groups in total. The third-order valence-corrected chi connectivity index (χ3v) is 6.82. The van der Waals surface area contributed by atoms with Crippen LogP contribution in [0.1, 0.15) is 95.1 Å². The lowest BCUT2D eigenvalue weighted by Gasteiger charge is -2.55. The topological polar surface area (TPSA) is 24.7 Å². The zero-order valence-electron chi connectivity index (χ0n) is 21.6. The molecule has 0 fully saturated rings. The van der Waals surface area contributed by atoms with Crippen molar-refractivity contribution in [1.82, 2.24) is 0 Å². The zero-order chi connectivity index (χ0) is 23.2. The Hall–Kier alpha value is -1.70. The first-order valence-electron chi connectivity index (χ1n) is 11.3. The third-order valence-electron chi connectivity index (χ3n) is 6.82. The van der Waals surface area contributed by atoms with Gasteiger partial charge in [-0.15, -0.1) is 0 Å². The number of nitrogens with zero attached hydrogens (tertiary/aromatic N) is 2. The monoisotopic (exact) mass is 408 g/mol. The highest BCUT2D eigenvalue weighted by Gasteiger charge is 2.51. The molecule has 0 bridgehead atoms. The van der Waals surface area contributed by atoms with Gasteiger partial charge in [0.1, 0.15) is 0 Å². The highest BCUT2D eigenvalue weighted by molar-refractivity contribution is 5.43. The van der Waals surface area contributed by atoms with Crippen LogP contribution in [-0.2, 0) is 5.41 Å². The molecule has 1 aliphatic rings. The SMILES string of the molecule is CC(C)(C)C1=CC(N=Nc2cccc(C(C)(C)C)c2)=CC(C(C)(C)C)(C(C)(C)C)C1. The predicted octanol–water partition coefficient (Wildman–Crippen LogP) is 9.41. The van der Waals surface area contributed by atoms with Crippen molar-refractivity contribution in [3.8, 4) is 0 Å². The van der Waals surface area contributed by atoms with E-state index < -0.39 is 0 Å². The average molecular weight is 409 g/mol. The average Bonchev–Trinajstić information content (AvgIpc) is 2.56. The van der Waals surface area contributed by atoms with Crippen molar-refractivity contribution in [1.29, 1.82) is 0 Å². The normalized spacial score (nSPS) is 18.4. The minimum atomic E-state index is -0.00102. The Morgan fingerprint density at radius 2 is 1.30 bits per heavy atom. The Kier molecular flexibility index (Phi) is 6.36. The molecule has 2 heteroatoms. The molecule has 0 unspecified atom stereocenters. The van der Waals surface area contributed by atoms with Crippen molar-refractivity contribution in [3.05, 3.63) is 53.3 Å². The van der Waals surface area contributed by atoms with E-state index in [2.05, 4.69) is 119 Å². The minimum absolute atomic E-state index is 0.00102. The maximum atomic E-state index is 4.77. The lowest BCUT2D eigenvalue weighted by atomic mass is 9.49. The first-order chi connectivity index (χ1) is 13.4. The van der Waals surface area contributed by atoms with E-state index in [1.54, 1.807) is 0 Å². The molecule has 0 aromatic heterocycles. The number of hydrogen-bond acceptors (Lipinski definition) is 2. The lowest BCUT2D eigenvalue weighted by molar-refractivity contribution is 0.0114. The second kappa shape index (κ2) is 7.77. The molecule has 0 atom stereocenters. The van der Waals surface area contributed by atoms with Gasteiger partial charge < -0.3 is 0 Å². The number of allylic oxidation sites excluding steroid dienone is 3. The van der Waals surface area contributed by atoms with Crippen molar-refractivity contribution < 1.29 is 0 Å². The molecule has 0 radical (unpaired) electrons. The van der Waals surface area contributed by atoms with E-state index >= 15 is 0 Å². The molecular weight excluding hydrogens is 364 g/mol. The van der Waals surface area contributed by atoms with Crippen LogP contribution in [0.4, 0.5) is 5.69 Å². The Bertz CT molecular complexity index is 840. The van der Waals surface area contributed by atoms with Crippen molar-refractivity contribution in [2.24, 2.45) is 31.9 Å². The quantitative estimate of drug-likeness (QED) is 0.435. The summed E-state index contributed by atoms with van der Waals surface area (Å²) in [4.78, 5) is 0. The smallest absolute Gasteiger partial charge is 0.0860 e. The van der Waals surface area contributed by atoms with Crippen LogP contribution >= 0.6 is 0 Å².